The molecular weight excluding hydrogens is 496 g/mol. The van der Waals surface area contributed by atoms with Crippen molar-refractivity contribution in [2.75, 3.05) is 40.4 Å². The summed E-state index contributed by atoms with van der Waals surface area (Å²) in [7, 11) is 4.21. The maximum absolute atomic E-state index is 6.53. The van der Waals surface area contributed by atoms with Gasteiger partial charge in [-0.15, -0.1) is 0 Å². The van der Waals surface area contributed by atoms with E-state index in [1.165, 1.54) is 33.0 Å². The maximum atomic E-state index is 6.53. The van der Waals surface area contributed by atoms with Crippen LogP contribution in [0.4, 0.5) is 0 Å². The van der Waals surface area contributed by atoms with Gasteiger partial charge in [-0.05, 0) is 84.4 Å². The molecule has 5 heteroatoms. The van der Waals surface area contributed by atoms with Gasteiger partial charge in [-0.2, -0.15) is 0 Å². The molecule has 0 aliphatic carbocycles. The second kappa shape index (κ2) is 14.4. The zero-order chi connectivity index (χ0) is 27.6. The summed E-state index contributed by atoms with van der Waals surface area (Å²) in [4.78, 5) is 2.20. The zero-order valence-electron chi connectivity index (χ0n) is 23.9. The van der Waals surface area contributed by atoms with Crippen LogP contribution in [0, 0.1) is 0 Å². The minimum absolute atomic E-state index is 0.137. The standard InChI is InChI=1S/C35H42N2O3/c1-37(2)24-28-9-11-30-12-10-29(22-32(30)21-28)26-40-35-23-36-18-17-34(35)31-13-15-33(16-14-31)39-20-6-19-38-25-27-7-4-3-5-8-27/h3-5,7-16,21-22,34-36H,6,17-20,23-26H2,1-2H3. The highest BCUT2D eigenvalue weighted by molar-refractivity contribution is 5.83. The van der Waals surface area contributed by atoms with Crippen LogP contribution in [-0.4, -0.2) is 51.4 Å². The molecule has 40 heavy (non-hydrogen) atoms. The van der Waals surface area contributed by atoms with Crippen molar-refractivity contribution >= 4 is 10.8 Å². The first-order valence-corrected chi connectivity index (χ1v) is 14.5. The molecule has 1 heterocycles. The van der Waals surface area contributed by atoms with Gasteiger partial charge in [-0.25, -0.2) is 0 Å². The van der Waals surface area contributed by atoms with Crippen LogP contribution < -0.4 is 10.1 Å². The lowest BCUT2D eigenvalue weighted by atomic mass is 9.87. The minimum Gasteiger partial charge on any atom is -0.494 e. The molecule has 2 atom stereocenters. The maximum Gasteiger partial charge on any atom is 0.119 e. The van der Waals surface area contributed by atoms with Gasteiger partial charge < -0.3 is 24.4 Å². The predicted octanol–water partition coefficient (Wildman–Crippen LogP) is 6.55. The van der Waals surface area contributed by atoms with Gasteiger partial charge in [0.15, 0.2) is 0 Å². The Labute approximate surface area is 239 Å². The molecular formula is C35H42N2O3. The molecule has 0 bridgehead atoms. The van der Waals surface area contributed by atoms with E-state index in [4.69, 9.17) is 14.2 Å². The number of nitrogens with zero attached hydrogens (tertiary/aromatic N) is 1. The zero-order valence-corrected chi connectivity index (χ0v) is 23.9. The summed E-state index contributed by atoms with van der Waals surface area (Å²) in [6, 6.07) is 32.3. The molecule has 0 spiro atoms. The van der Waals surface area contributed by atoms with Crippen molar-refractivity contribution in [1.82, 2.24) is 10.2 Å². The fourth-order valence-corrected chi connectivity index (χ4v) is 5.42. The summed E-state index contributed by atoms with van der Waals surface area (Å²) in [6.07, 6.45) is 2.07. The number of ether oxygens (including phenoxy) is 3. The van der Waals surface area contributed by atoms with Crippen LogP contribution in [0.2, 0.25) is 0 Å². The molecule has 1 aliphatic rings. The van der Waals surface area contributed by atoms with Gasteiger partial charge in [-0.3, -0.25) is 0 Å². The van der Waals surface area contributed by atoms with Crippen molar-refractivity contribution in [3.63, 3.8) is 0 Å². The average molecular weight is 539 g/mol. The fraction of sp³-hybridized carbons (Fsp3) is 0.371. The Morgan fingerprint density at radius 2 is 1.55 bits per heavy atom. The lowest BCUT2D eigenvalue weighted by Gasteiger charge is -2.32. The number of rotatable bonds is 13. The van der Waals surface area contributed by atoms with E-state index in [2.05, 4.69) is 97.1 Å². The lowest BCUT2D eigenvalue weighted by molar-refractivity contribution is 0.0106. The quantitative estimate of drug-likeness (QED) is 0.196. The number of fused-ring (bicyclic) bond motifs is 1. The summed E-state index contributed by atoms with van der Waals surface area (Å²) in [5.41, 5.74) is 5.06. The van der Waals surface area contributed by atoms with Crippen molar-refractivity contribution in [1.29, 1.82) is 0 Å². The van der Waals surface area contributed by atoms with Gasteiger partial charge in [0, 0.05) is 25.4 Å². The normalized spacial score (nSPS) is 17.4. The van der Waals surface area contributed by atoms with Crippen LogP contribution in [0.15, 0.2) is 91.0 Å². The number of benzene rings is 4. The molecule has 1 saturated heterocycles. The first kappa shape index (κ1) is 28.3. The Bertz CT molecular complexity index is 1320. The first-order valence-electron chi connectivity index (χ1n) is 14.5. The smallest absolute Gasteiger partial charge is 0.119 e. The summed E-state index contributed by atoms with van der Waals surface area (Å²) in [5.74, 6) is 1.27. The topological polar surface area (TPSA) is 43.0 Å². The Balaban J connectivity index is 1.11. The van der Waals surface area contributed by atoms with Crippen LogP contribution in [0.3, 0.4) is 0 Å². The number of hydrogen-bond acceptors (Lipinski definition) is 5. The molecule has 0 aromatic heterocycles. The molecule has 4 aromatic rings. The second-order valence-corrected chi connectivity index (χ2v) is 11.0. The van der Waals surface area contributed by atoms with E-state index in [0.29, 0.717) is 32.3 Å². The highest BCUT2D eigenvalue weighted by atomic mass is 16.5. The summed E-state index contributed by atoms with van der Waals surface area (Å²) in [6.45, 7) is 5.42. The molecule has 0 saturated carbocycles. The van der Waals surface area contributed by atoms with Crippen LogP contribution >= 0.6 is 0 Å². The third kappa shape index (κ3) is 8.15. The van der Waals surface area contributed by atoms with E-state index in [-0.39, 0.29) is 6.10 Å². The van der Waals surface area contributed by atoms with Crippen LogP contribution in [0.1, 0.15) is 41.0 Å². The van der Waals surface area contributed by atoms with Crippen molar-refractivity contribution in [2.24, 2.45) is 0 Å². The second-order valence-electron chi connectivity index (χ2n) is 11.0. The Kier molecular flexibility index (Phi) is 10.2. The summed E-state index contributed by atoms with van der Waals surface area (Å²) < 4.78 is 18.3. The van der Waals surface area contributed by atoms with Gasteiger partial charge in [0.2, 0.25) is 0 Å². The van der Waals surface area contributed by atoms with E-state index in [1.807, 2.05) is 18.2 Å². The van der Waals surface area contributed by atoms with Crippen molar-refractivity contribution in [3.8, 4) is 5.75 Å². The van der Waals surface area contributed by atoms with Crippen LogP contribution in [0.25, 0.3) is 10.8 Å². The molecule has 0 radical (unpaired) electrons. The summed E-state index contributed by atoms with van der Waals surface area (Å²) in [5, 5.41) is 6.07. The largest absolute Gasteiger partial charge is 0.494 e. The van der Waals surface area contributed by atoms with E-state index >= 15 is 0 Å². The van der Waals surface area contributed by atoms with Gasteiger partial charge in [0.1, 0.15) is 5.75 Å². The summed E-state index contributed by atoms with van der Waals surface area (Å²) >= 11 is 0. The van der Waals surface area contributed by atoms with Crippen LogP contribution in [-0.2, 0) is 29.2 Å². The average Bonchev–Trinajstić information content (AvgIpc) is 2.98. The molecule has 2 unspecified atom stereocenters. The molecule has 1 aliphatic heterocycles. The van der Waals surface area contributed by atoms with E-state index in [0.717, 1.165) is 38.2 Å². The third-order valence-corrected chi connectivity index (χ3v) is 7.48. The highest BCUT2D eigenvalue weighted by Crippen LogP contribution is 2.30. The lowest BCUT2D eigenvalue weighted by Crippen LogP contribution is -2.40. The third-order valence-electron chi connectivity index (χ3n) is 7.48. The predicted molar refractivity (Wildman–Crippen MR) is 163 cm³/mol. The minimum atomic E-state index is 0.137. The first-order chi connectivity index (χ1) is 19.6. The van der Waals surface area contributed by atoms with Crippen molar-refractivity contribution in [3.05, 3.63) is 113 Å². The van der Waals surface area contributed by atoms with Gasteiger partial charge >= 0.3 is 0 Å². The molecule has 1 fully saturated rings. The Morgan fingerprint density at radius 3 is 2.35 bits per heavy atom. The van der Waals surface area contributed by atoms with Gasteiger partial charge in [0.05, 0.1) is 32.5 Å². The number of nitrogens with one attached hydrogen (secondary N) is 1. The van der Waals surface area contributed by atoms with E-state index < -0.39 is 0 Å². The van der Waals surface area contributed by atoms with Crippen molar-refractivity contribution < 1.29 is 14.2 Å². The number of hydrogen-bond donors (Lipinski definition) is 1. The monoisotopic (exact) mass is 538 g/mol. The molecule has 5 rings (SSSR count). The number of piperidine rings is 1. The van der Waals surface area contributed by atoms with Crippen LogP contribution in [0.5, 0.6) is 5.75 Å². The van der Waals surface area contributed by atoms with E-state index in [9.17, 15) is 0 Å². The fourth-order valence-electron chi connectivity index (χ4n) is 5.42. The van der Waals surface area contributed by atoms with Gasteiger partial charge in [-0.1, -0.05) is 66.7 Å². The molecule has 0 amide bonds. The Hall–Kier alpha value is -3.22. The SMILES string of the molecule is CN(C)Cc1ccc2ccc(COC3CNCCC3c3ccc(OCCCOCc4ccccc4)cc3)cc2c1. The highest BCUT2D eigenvalue weighted by Gasteiger charge is 2.27. The molecule has 4 aromatic carbocycles. The van der Waals surface area contributed by atoms with Crippen molar-refractivity contribution in [2.45, 2.75) is 44.6 Å². The molecule has 210 valence electrons. The molecule has 1 N–H and O–H groups in total. The van der Waals surface area contributed by atoms with Gasteiger partial charge in [0.25, 0.3) is 0 Å². The molecule has 5 nitrogen and oxygen atoms in total. The Morgan fingerprint density at radius 1 is 0.775 bits per heavy atom. The van der Waals surface area contributed by atoms with E-state index in [1.54, 1.807) is 0 Å².